The van der Waals surface area contributed by atoms with Crippen LogP contribution in [0.1, 0.15) is 100 Å². The van der Waals surface area contributed by atoms with Crippen molar-refractivity contribution in [1.29, 1.82) is 0 Å². The molecule has 0 aromatic rings. The summed E-state index contributed by atoms with van der Waals surface area (Å²) in [6.45, 7) is 17.6. The largest absolute Gasteiger partial charge is 0.466 e. The average molecular weight is 561 g/mol. The van der Waals surface area contributed by atoms with Gasteiger partial charge >= 0.3 is 11.9 Å². The van der Waals surface area contributed by atoms with Crippen molar-refractivity contribution in [2.75, 3.05) is 13.2 Å². The van der Waals surface area contributed by atoms with Crippen molar-refractivity contribution in [3.63, 3.8) is 0 Å². The van der Waals surface area contributed by atoms with Crippen molar-refractivity contribution in [2.45, 2.75) is 148 Å². The normalized spacial score (nSPS) is 14.6. The van der Waals surface area contributed by atoms with Gasteiger partial charge < -0.3 is 23.1 Å². The molecule has 0 heterocycles. The summed E-state index contributed by atoms with van der Waals surface area (Å²) < 4.78 is 25.2. The maximum absolute atomic E-state index is 13.1. The molecule has 0 unspecified atom stereocenters. The van der Waals surface area contributed by atoms with Crippen LogP contribution in [0.15, 0.2) is 0 Å². The van der Waals surface area contributed by atoms with Gasteiger partial charge in [0.05, 0.1) is 26.1 Å². The van der Waals surface area contributed by atoms with E-state index in [-0.39, 0.29) is 25.9 Å². The molecule has 0 bridgehead atoms. The number of rotatable bonds is 23. The van der Waals surface area contributed by atoms with Crippen molar-refractivity contribution < 1.29 is 32.7 Å². The summed E-state index contributed by atoms with van der Waals surface area (Å²) in [5.74, 6) is -0.868. The highest BCUT2D eigenvalue weighted by atomic mass is 28.4. The van der Waals surface area contributed by atoms with Crippen LogP contribution in [0.2, 0.25) is 36.3 Å². The van der Waals surface area contributed by atoms with E-state index in [4.69, 9.17) is 18.3 Å². The Morgan fingerprint density at radius 1 is 0.784 bits per heavy atom. The zero-order chi connectivity index (χ0) is 28.4. The van der Waals surface area contributed by atoms with Crippen molar-refractivity contribution in [1.82, 2.24) is 0 Å². The van der Waals surface area contributed by atoms with Gasteiger partial charge in [-0.3, -0.25) is 9.59 Å². The number of carbonyl (C=O) groups excluding carboxylic acids is 3. The Hall–Kier alpha value is -1.04. The summed E-state index contributed by atoms with van der Waals surface area (Å²) in [7, 11) is -4.05. The molecule has 0 fully saturated rings. The van der Waals surface area contributed by atoms with Gasteiger partial charge in [0.1, 0.15) is 18.0 Å². The number of esters is 2. The van der Waals surface area contributed by atoms with Crippen LogP contribution in [0.5, 0.6) is 0 Å². The Morgan fingerprint density at radius 2 is 1.32 bits per heavy atom. The lowest BCUT2D eigenvalue weighted by atomic mass is 9.86. The summed E-state index contributed by atoms with van der Waals surface area (Å²) in [5.41, 5.74) is -0.976. The molecule has 0 aromatic carbocycles. The van der Waals surface area contributed by atoms with Crippen LogP contribution in [0.3, 0.4) is 0 Å². The Kier molecular flexibility index (Phi) is 18.6. The second kappa shape index (κ2) is 19.1. The average Bonchev–Trinajstić information content (AvgIpc) is 2.92. The Morgan fingerprint density at radius 3 is 1.78 bits per heavy atom. The third kappa shape index (κ3) is 11.7. The SMILES string of the molecule is CCCC[C@](CCC=O)(OC(=O)CCC(=O)OCC)[C@H](CO[Si](CC)(CC)CC)O[Si](CC)(CC)CC. The molecule has 7 nitrogen and oxygen atoms in total. The first-order valence-electron chi connectivity index (χ1n) is 14.8. The standard InChI is InChI=1S/C28H56O7Si2/c1-9-17-21-28(22-18-23-29,34-27(31)20-19-26(30)32-10-2)25(35-37(14-6,15-7)16-8)24-33-36(11-3,12-4)13-5/h23,25H,9-22,24H2,1-8H3/t25-,28+/m0/s1. The highest BCUT2D eigenvalue weighted by Gasteiger charge is 2.47. The van der Waals surface area contributed by atoms with Crippen LogP contribution < -0.4 is 0 Å². The molecule has 0 amide bonds. The Balaban J connectivity index is 6.46. The van der Waals surface area contributed by atoms with Crippen molar-refractivity contribution in [3.05, 3.63) is 0 Å². The highest BCUT2D eigenvalue weighted by Crippen LogP contribution is 2.37. The number of unbranched alkanes of at least 4 members (excludes halogenated alkanes) is 1. The van der Waals surface area contributed by atoms with Gasteiger partial charge in [0, 0.05) is 6.42 Å². The first-order chi connectivity index (χ1) is 17.6. The maximum Gasteiger partial charge on any atom is 0.307 e. The van der Waals surface area contributed by atoms with Gasteiger partial charge in [-0.05, 0) is 62.5 Å². The van der Waals surface area contributed by atoms with Gasteiger partial charge in [-0.1, -0.05) is 54.9 Å². The molecule has 0 aliphatic rings. The third-order valence-corrected chi connectivity index (χ3v) is 17.5. The van der Waals surface area contributed by atoms with Crippen LogP contribution in [0.25, 0.3) is 0 Å². The zero-order valence-electron chi connectivity index (χ0n) is 25.1. The molecule has 0 N–H and O–H groups in total. The molecule has 0 saturated carbocycles. The fourth-order valence-corrected chi connectivity index (χ4v) is 10.5. The second-order valence-corrected chi connectivity index (χ2v) is 19.6. The molecule has 9 heteroatoms. The summed E-state index contributed by atoms with van der Waals surface area (Å²) in [6.07, 6.45) is 3.36. The molecule has 0 saturated heterocycles. The van der Waals surface area contributed by atoms with Crippen LogP contribution in [-0.2, 0) is 32.7 Å². The highest BCUT2D eigenvalue weighted by molar-refractivity contribution is 6.74. The second-order valence-electron chi connectivity index (χ2n) is 10.1. The van der Waals surface area contributed by atoms with Gasteiger partial charge in [0.15, 0.2) is 16.6 Å². The minimum absolute atomic E-state index is 0.0265. The Bertz CT molecular complexity index is 634. The van der Waals surface area contributed by atoms with Gasteiger partial charge in [-0.25, -0.2) is 0 Å². The van der Waals surface area contributed by atoms with Gasteiger partial charge in [-0.2, -0.15) is 0 Å². The number of carbonyl (C=O) groups is 3. The molecular formula is C28H56O7Si2. The molecule has 218 valence electrons. The quantitative estimate of drug-likeness (QED) is 0.0742. The fraction of sp³-hybridized carbons (Fsp3) is 0.893. The number of aldehydes is 1. The van der Waals surface area contributed by atoms with E-state index in [0.29, 0.717) is 19.4 Å². The lowest BCUT2D eigenvalue weighted by Crippen LogP contribution is -2.56. The smallest absolute Gasteiger partial charge is 0.307 e. The van der Waals surface area contributed by atoms with E-state index < -0.39 is 40.3 Å². The van der Waals surface area contributed by atoms with Crippen molar-refractivity contribution in [3.8, 4) is 0 Å². The molecule has 0 aromatic heterocycles. The van der Waals surface area contributed by atoms with E-state index in [1.54, 1.807) is 6.92 Å². The zero-order valence-corrected chi connectivity index (χ0v) is 27.1. The molecule has 37 heavy (non-hydrogen) atoms. The lowest BCUT2D eigenvalue weighted by Gasteiger charge is -2.45. The third-order valence-electron chi connectivity index (χ3n) is 8.18. The van der Waals surface area contributed by atoms with Crippen molar-refractivity contribution in [2.24, 2.45) is 0 Å². The van der Waals surface area contributed by atoms with E-state index in [2.05, 4.69) is 48.5 Å². The van der Waals surface area contributed by atoms with Gasteiger partial charge in [-0.15, -0.1) is 0 Å². The number of hydrogen-bond donors (Lipinski definition) is 0. The van der Waals surface area contributed by atoms with E-state index >= 15 is 0 Å². The van der Waals surface area contributed by atoms with Crippen LogP contribution in [-0.4, -0.2) is 59.8 Å². The fourth-order valence-electron chi connectivity index (χ4n) is 5.01. The summed E-state index contributed by atoms with van der Waals surface area (Å²) in [6, 6.07) is 5.93. The minimum atomic E-state index is -2.11. The number of hydrogen-bond acceptors (Lipinski definition) is 7. The van der Waals surface area contributed by atoms with E-state index in [1.807, 2.05) is 0 Å². The minimum Gasteiger partial charge on any atom is -0.466 e. The Labute approximate surface area is 229 Å². The molecular weight excluding hydrogens is 504 g/mol. The lowest BCUT2D eigenvalue weighted by molar-refractivity contribution is -0.179. The van der Waals surface area contributed by atoms with Crippen LogP contribution in [0, 0.1) is 0 Å². The maximum atomic E-state index is 13.1. The topological polar surface area (TPSA) is 88.1 Å². The predicted octanol–water partition coefficient (Wildman–Crippen LogP) is 7.19. The number of ether oxygens (including phenoxy) is 2. The first kappa shape index (κ1) is 36.0. The van der Waals surface area contributed by atoms with E-state index in [1.165, 1.54) is 0 Å². The van der Waals surface area contributed by atoms with E-state index in [0.717, 1.165) is 55.4 Å². The first-order valence-corrected chi connectivity index (χ1v) is 19.8. The molecule has 2 atom stereocenters. The molecule has 0 spiro atoms. The van der Waals surface area contributed by atoms with Crippen molar-refractivity contribution >= 4 is 34.9 Å². The molecule has 0 rings (SSSR count). The van der Waals surface area contributed by atoms with E-state index in [9.17, 15) is 14.4 Å². The summed E-state index contributed by atoms with van der Waals surface area (Å²) in [4.78, 5) is 36.6. The molecule has 0 aliphatic heterocycles. The summed E-state index contributed by atoms with van der Waals surface area (Å²) in [5, 5.41) is 0. The van der Waals surface area contributed by atoms with Gasteiger partial charge in [0.2, 0.25) is 0 Å². The molecule has 0 aliphatic carbocycles. The molecule has 0 radical (unpaired) electrons. The monoisotopic (exact) mass is 560 g/mol. The van der Waals surface area contributed by atoms with Crippen LogP contribution >= 0.6 is 0 Å². The van der Waals surface area contributed by atoms with Gasteiger partial charge in [0.25, 0.3) is 0 Å². The van der Waals surface area contributed by atoms with Crippen LogP contribution in [0.4, 0.5) is 0 Å². The predicted molar refractivity (Wildman–Crippen MR) is 155 cm³/mol. The summed E-state index contributed by atoms with van der Waals surface area (Å²) >= 11 is 0.